The van der Waals surface area contributed by atoms with Crippen LogP contribution in [0.25, 0.3) is 0 Å². The molecule has 0 aliphatic carbocycles. The Morgan fingerprint density at radius 1 is 1.55 bits per heavy atom. The fourth-order valence-corrected chi connectivity index (χ4v) is 0.760. The highest BCUT2D eigenvalue weighted by Gasteiger charge is 2.09. The molecule has 0 radical (unpaired) electrons. The van der Waals surface area contributed by atoms with Crippen molar-refractivity contribution >= 4 is 0 Å². The molecule has 0 bridgehead atoms. The molecule has 0 amide bonds. The van der Waals surface area contributed by atoms with Crippen molar-refractivity contribution in [1.29, 1.82) is 5.26 Å². The molecule has 1 aromatic heterocycles. The number of rotatable bonds is 2. The van der Waals surface area contributed by atoms with Crippen LogP contribution in [0.1, 0.15) is 25.1 Å². The van der Waals surface area contributed by atoms with Crippen LogP contribution in [-0.4, -0.2) is 15.0 Å². The van der Waals surface area contributed by atoms with Gasteiger partial charge >= 0.3 is 0 Å². The van der Waals surface area contributed by atoms with Gasteiger partial charge in [-0.15, -0.1) is 0 Å². The number of hydrogen-bond acceptors (Lipinski definition) is 4. The molecule has 0 saturated carbocycles. The Labute approximate surface area is 64.9 Å². The SMILES string of the molecule is CCC(C#N)c1ncncn1. The average molecular weight is 148 g/mol. The van der Waals surface area contributed by atoms with Crippen molar-refractivity contribution in [3.63, 3.8) is 0 Å². The third kappa shape index (κ3) is 1.71. The first-order chi connectivity index (χ1) is 5.38. The smallest absolute Gasteiger partial charge is 0.149 e. The highest BCUT2D eigenvalue weighted by Crippen LogP contribution is 2.11. The van der Waals surface area contributed by atoms with Crippen LogP contribution in [0, 0.1) is 11.3 Å². The predicted molar refractivity (Wildman–Crippen MR) is 38.5 cm³/mol. The van der Waals surface area contributed by atoms with Crippen LogP contribution >= 0.6 is 0 Å². The van der Waals surface area contributed by atoms with Gasteiger partial charge in [-0.25, -0.2) is 15.0 Å². The molecular formula is C7H8N4. The first-order valence-corrected chi connectivity index (χ1v) is 3.40. The zero-order chi connectivity index (χ0) is 8.10. The molecule has 4 heteroatoms. The van der Waals surface area contributed by atoms with E-state index in [1.807, 2.05) is 6.92 Å². The van der Waals surface area contributed by atoms with Gasteiger partial charge < -0.3 is 0 Å². The summed E-state index contributed by atoms with van der Waals surface area (Å²) in [4.78, 5) is 11.4. The molecule has 1 aromatic rings. The molecule has 1 rings (SSSR count). The summed E-state index contributed by atoms with van der Waals surface area (Å²) in [6, 6.07) is 2.12. The summed E-state index contributed by atoms with van der Waals surface area (Å²) in [6.07, 6.45) is 3.55. The fourth-order valence-electron chi connectivity index (χ4n) is 0.760. The molecule has 11 heavy (non-hydrogen) atoms. The number of aromatic nitrogens is 3. The van der Waals surface area contributed by atoms with Gasteiger partial charge in [-0.05, 0) is 6.42 Å². The van der Waals surface area contributed by atoms with E-state index in [4.69, 9.17) is 5.26 Å². The minimum absolute atomic E-state index is 0.196. The minimum Gasteiger partial charge on any atom is -0.225 e. The standard InChI is InChI=1S/C7H8N4/c1-2-6(3-8)7-10-4-9-5-11-7/h4-6H,2H2,1H3. The average Bonchev–Trinajstić information content (AvgIpc) is 2.09. The van der Waals surface area contributed by atoms with Gasteiger partial charge in [-0.1, -0.05) is 6.92 Å². The van der Waals surface area contributed by atoms with Crippen LogP contribution in [-0.2, 0) is 0 Å². The molecule has 1 atom stereocenters. The Hall–Kier alpha value is -1.50. The normalized spacial score (nSPS) is 12.0. The molecule has 0 N–H and O–H groups in total. The van der Waals surface area contributed by atoms with E-state index in [1.165, 1.54) is 12.7 Å². The molecule has 1 heterocycles. The molecule has 56 valence electrons. The van der Waals surface area contributed by atoms with Crippen molar-refractivity contribution in [2.24, 2.45) is 0 Å². The van der Waals surface area contributed by atoms with E-state index in [0.717, 1.165) is 6.42 Å². The summed E-state index contributed by atoms with van der Waals surface area (Å²) in [5, 5.41) is 8.63. The Bertz CT molecular complexity index is 251. The number of nitriles is 1. The lowest BCUT2D eigenvalue weighted by Crippen LogP contribution is -2.00. The quantitative estimate of drug-likeness (QED) is 0.624. The van der Waals surface area contributed by atoms with E-state index >= 15 is 0 Å². The third-order valence-corrected chi connectivity index (χ3v) is 1.39. The van der Waals surface area contributed by atoms with Crippen molar-refractivity contribution in [1.82, 2.24) is 15.0 Å². The van der Waals surface area contributed by atoms with Crippen LogP contribution in [0.15, 0.2) is 12.7 Å². The first kappa shape index (κ1) is 7.61. The molecular weight excluding hydrogens is 140 g/mol. The zero-order valence-electron chi connectivity index (χ0n) is 6.23. The highest BCUT2D eigenvalue weighted by molar-refractivity contribution is 5.05. The summed E-state index contributed by atoms with van der Waals surface area (Å²) < 4.78 is 0. The molecule has 1 unspecified atom stereocenters. The summed E-state index contributed by atoms with van der Waals surface area (Å²) in [6.45, 7) is 1.93. The Morgan fingerprint density at radius 3 is 2.64 bits per heavy atom. The van der Waals surface area contributed by atoms with E-state index in [1.54, 1.807) is 0 Å². The van der Waals surface area contributed by atoms with Gasteiger partial charge in [0, 0.05) is 0 Å². The van der Waals surface area contributed by atoms with E-state index in [-0.39, 0.29) is 5.92 Å². The van der Waals surface area contributed by atoms with Gasteiger partial charge in [-0.3, -0.25) is 0 Å². The second-order valence-corrected chi connectivity index (χ2v) is 2.09. The Morgan fingerprint density at radius 2 is 2.18 bits per heavy atom. The molecule has 0 saturated heterocycles. The van der Waals surface area contributed by atoms with Gasteiger partial charge in [0.2, 0.25) is 0 Å². The first-order valence-electron chi connectivity index (χ1n) is 3.40. The van der Waals surface area contributed by atoms with Crippen molar-refractivity contribution < 1.29 is 0 Å². The molecule has 0 spiro atoms. The Balaban J connectivity index is 2.85. The van der Waals surface area contributed by atoms with Crippen molar-refractivity contribution in [3.05, 3.63) is 18.5 Å². The van der Waals surface area contributed by atoms with E-state index in [0.29, 0.717) is 5.82 Å². The van der Waals surface area contributed by atoms with Gasteiger partial charge in [-0.2, -0.15) is 5.26 Å². The second-order valence-electron chi connectivity index (χ2n) is 2.09. The number of nitrogens with zero attached hydrogens (tertiary/aromatic N) is 4. The highest BCUT2D eigenvalue weighted by atomic mass is 15.0. The summed E-state index contributed by atoms with van der Waals surface area (Å²) in [5.74, 6) is 0.364. The lowest BCUT2D eigenvalue weighted by Gasteiger charge is -2.00. The third-order valence-electron chi connectivity index (χ3n) is 1.39. The van der Waals surface area contributed by atoms with Crippen molar-refractivity contribution in [3.8, 4) is 6.07 Å². The van der Waals surface area contributed by atoms with E-state index in [9.17, 15) is 0 Å². The van der Waals surface area contributed by atoms with Crippen LogP contribution in [0.2, 0.25) is 0 Å². The second kappa shape index (κ2) is 3.62. The van der Waals surface area contributed by atoms with Crippen LogP contribution in [0.5, 0.6) is 0 Å². The molecule has 0 aliphatic heterocycles. The summed E-state index contributed by atoms with van der Waals surface area (Å²) in [7, 11) is 0. The van der Waals surface area contributed by atoms with E-state index in [2.05, 4.69) is 21.0 Å². The van der Waals surface area contributed by atoms with Crippen LogP contribution in [0.3, 0.4) is 0 Å². The lowest BCUT2D eigenvalue weighted by atomic mass is 10.1. The summed E-state index contributed by atoms with van der Waals surface area (Å²) >= 11 is 0. The minimum atomic E-state index is -0.196. The van der Waals surface area contributed by atoms with Gasteiger partial charge in [0.05, 0.1) is 6.07 Å². The topological polar surface area (TPSA) is 62.5 Å². The van der Waals surface area contributed by atoms with Gasteiger partial charge in [0.15, 0.2) is 0 Å². The van der Waals surface area contributed by atoms with Crippen molar-refractivity contribution in [2.75, 3.05) is 0 Å². The van der Waals surface area contributed by atoms with Crippen molar-refractivity contribution in [2.45, 2.75) is 19.3 Å². The fraction of sp³-hybridized carbons (Fsp3) is 0.429. The molecule has 0 fully saturated rings. The largest absolute Gasteiger partial charge is 0.225 e. The molecule has 0 aliphatic rings. The van der Waals surface area contributed by atoms with Crippen LogP contribution in [0.4, 0.5) is 0 Å². The Kier molecular flexibility index (Phi) is 2.50. The predicted octanol–water partition coefficient (Wildman–Crippen LogP) is 0.889. The van der Waals surface area contributed by atoms with Gasteiger partial charge in [0.25, 0.3) is 0 Å². The summed E-state index contributed by atoms with van der Waals surface area (Å²) in [5.41, 5.74) is 0. The molecule has 0 aromatic carbocycles. The van der Waals surface area contributed by atoms with E-state index < -0.39 is 0 Å². The van der Waals surface area contributed by atoms with Gasteiger partial charge in [0.1, 0.15) is 24.4 Å². The lowest BCUT2D eigenvalue weighted by molar-refractivity contribution is 0.739. The number of hydrogen-bond donors (Lipinski definition) is 0. The monoisotopic (exact) mass is 148 g/mol. The maximum Gasteiger partial charge on any atom is 0.149 e. The maximum absolute atomic E-state index is 8.63. The molecule has 4 nitrogen and oxygen atoms in total. The maximum atomic E-state index is 8.63. The van der Waals surface area contributed by atoms with Crippen LogP contribution < -0.4 is 0 Å². The zero-order valence-corrected chi connectivity index (χ0v) is 6.23.